The number of rotatable bonds is 5. The Kier molecular flexibility index (Phi) is 5.45. The van der Waals surface area contributed by atoms with Gasteiger partial charge in [-0.15, -0.1) is 11.3 Å². The topological polar surface area (TPSA) is 38.0 Å². The highest BCUT2D eigenvalue weighted by molar-refractivity contribution is 7.10. The first-order chi connectivity index (χ1) is 7.83. The number of nitrogens with two attached hydrogens (primary N) is 1. The van der Waals surface area contributed by atoms with Gasteiger partial charge in [0.25, 0.3) is 0 Å². The third-order valence-electron chi connectivity index (χ3n) is 2.76. The summed E-state index contributed by atoms with van der Waals surface area (Å²) >= 11 is 7.81. The van der Waals surface area contributed by atoms with E-state index in [1.54, 1.807) is 11.3 Å². The average Bonchev–Trinajstić information content (AvgIpc) is 2.58. The maximum Gasteiger partial charge on any atom is 0.0570 e. The van der Waals surface area contributed by atoms with Gasteiger partial charge in [0.1, 0.15) is 0 Å². The molecular weight excluding hydrogens is 252 g/mol. The Morgan fingerprint density at radius 1 is 1.47 bits per heavy atom. The number of thiophene rings is 1. The third-order valence-corrected chi connectivity index (χ3v) is 4.23. The molecule has 0 spiro atoms. The first kappa shape index (κ1) is 15.0. The third kappa shape index (κ3) is 4.96. The molecule has 1 aromatic rings. The van der Waals surface area contributed by atoms with E-state index in [9.17, 15) is 0 Å². The summed E-state index contributed by atoms with van der Waals surface area (Å²) in [5.41, 5.74) is 3.25. The number of halogens is 1. The molecule has 0 bridgehead atoms. The quantitative estimate of drug-likeness (QED) is 0.618. The van der Waals surface area contributed by atoms with Crippen molar-refractivity contribution in [3.8, 4) is 0 Å². The van der Waals surface area contributed by atoms with Gasteiger partial charge in [-0.05, 0) is 35.6 Å². The van der Waals surface area contributed by atoms with Crippen molar-refractivity contribution in [2.24, 2.45) is 17.2 Å². The fourth-order valence-corrected chi connectivity index (χ4v) is 3.60. The Balaban J connectivity index is 2.62. The van der Waals surface area contributed by atoms with Crippen LogP contribution in [0.25, 0.3) is 0 Å². The van der Waals surface area contributed by atoms with E-state index in [2.05, 4.69) is 33.1 Å². The van der Waals surface area contributed by atoms with E-state index in [0.717, 1.165) is 16.3 Å². The van der Waals surface area contributed by atoms with Gasteiger partial charge in [0.15, 0.2) is 0 Å². The summed E-state index contributed by atoms with van der Waals surface area (Å²) in [6, 6.07) is 2.10. The first-order valence-corrected chi connectivity index (χ1v) is 7.28. The largest absolute Gasteiger partial charge is 0.271 e. The SMILES string of the molecule is CC(CC(NN)c1sccc1Cl)CC(C)(C)C. The molecule has 0 aromatic carbocycles. The second-order valence-electron chi connectivity index (χ2n) is 5.96. The maximum absolute atomic E-state index is 6.14. The van der Waals surface area contributed by atoms with Gasteiger partial charge in [0.05, 0.1) is 11.1 Å². The van der Waals surface area contributed by atoms with Gasteiger partial charge in [-0.1, -0.05) is 39.3 Å². The van der Waals surface area contributed by atoms with Gasteiger partial charge in [-0.25, -0.2) is 0 Å². The van der Waals surface area contributed by atoms with Crippen LogP contribution >= 0.6 is 22.9 Å². The van der Waals surface area contributed by atoms with E-state index in [-0.39, 0.29) is 6.04 Å². The second kappa shape index (κ2) is 6.19. The number of nitrogens with one attached hydrogen (secondary N) is 1. The van der Waals surface area contributed by atoms with Gasteiger partial charge in [-0.2, -0.15) is 0 Å². The minimum Gasteiger partial charge on any atom is -0.271 e. The Hall–Kier alpha value is -0.0900. The fourth-order valence-electron chi connectivity index (χ4n) is 2.34. The molecule has 1 aromatic heterocycles. The van der Waals surface area contributed by atoms with Crippen LogP contribution in [-0.4, -0.2) is 0 Å². The standard InChI is InChI=1S/C13H23ClN2S/c1-9(8-13(2,3)4)7-11(16-15)12-10(14)5-6-17-12/h5-6,9,11,16H,7-8,15H2,1-4H3. The molecule has 0 saturated carbocycles. The summed E-state index contributed by atoms with van der Waals surface area (Å²) in [4.78, 5) is 1.15. The molecule has 2 atom stereocenters. The molecule has 0 aliphatic rings. The molecular formula is C13H23ClN2S. The Morgan fingerprint density at radius 3 is 2.53 bits per heavy atom. The summed E-state index contributed by atoms with van der Waals surface area (Å²) < 4.78 is 0. The summed E-state index contributed by atoms with van der Waals surface area (Å²) in [5.74, 6) is 6.26. The van der Waals surface area contributed by atoms with Gasteiger partial charge in [-0.3, -0.25) is 11.3 Å². The van der Waals surface area contributed by atoms with Crippen LogP contribution in [0.15, 0.2) is 11.4 Å². The molecule has 0 radical (unpaired) electrons. The van der Waals surface area contributed by atoms with E-state index in [4.69, 9.17) is 17.4 Å². The molecule has 0 fully saturated rings. The zero-order valence-electron chi connectivity index (χ0n) is 11.1. The van der Waals surface area contributed by atoms with Crippen molar-refractivity contribution in [3.63, 3.8) is 0 Å². The summed E-state index contributed by atoms with van der Waals surface area (Å²) in [6.45, 7) is 9.09. The summed E-state index contributed by atoms with van der Waals surface area (Å²) in [5, 5.41) is 2.83. The molecule has 0 amide bonds. The van der Waals surface area contributed by atoms with Crippen LogP contribution in [0.2, 0.25) is 5.02 Å². The predicted octanol–water partition coefficient (Wildman–Crippen LogP) is 4.37. The van der Waals surface area contributed by atoms with E-state index in [1.807, 2.05) is 11.4 Å². The second-order valence-corrected chi connectivity index (χ2v) is 7.31. The van der Waals surface area contributed by atoms with Crippen LogP contribution in [0, 0.1) is 11.3 Å². The number of hydrogen-bond acceptors (Lipinski definition) is 3. The summed E-state index contributed by atoms with van der Waals surface area (Å²) in [7, 11) is 0. The molecule has 0 saturated heterocycles. The van der Waals surface area contributed by atoms with Gasteiger partial charge in [0, 0.05) is 4.88 Å². The zero-order valence-corrected chi connectivity index (χ0v) is 12.7. The number of hydrazine groups is 1. The minimum atomic E-state index is 0.167. The van der Waals surface area contributed by atoms with Crippen LogP contribution in [0.1, 0.15) is 51.5 Å². The van der Waals surface area contributed by atoms with Crippen LogP contribution in [-0.2, 0) is 0 Å². The fraction of sp³-hybridized carbons (Fsp3) is 0.692. The Labute approximate surface area is 114 Å². The Bertz CT molecular complexity index is 343. The smallest absolute Gasteiger partial charge is 0.0570 e. The normalized spacial score (nSPS) is 15.9. The van der Waals surface area contributed by atoms with Crippen LogP contribution in [0.4, 0.5) is 0 Å². The molecule has 0 aliphatic carbocycles. The van der Waals surface area contributed by atoms with Gasteiger partial charge in [0.2, 0.25) is 0 Å². The molecule has 3 N–H and O–H groups in total. The van der Waals surface area contributed by atoms with Crippen molar-refractivity contribution in [3.05, 3.63) is 21.3 Å². The van der Waals surface area contributed by atoms with Gasteiger partial charge >= 0.3 is 0 Å². The molecule has 2 unspecified atom stereocenters. The van der Waals surface area contributed by atoms with Crippen LogP contribution in [0.5, 0.6) is 0 Å². The van der Waals surface area contributed by atoms with Crippen molar-refractivity contribution >= 4 is 22.9 Å². The van der Waals surface area contributed by atoms with Gasteiger partial charge < -0.3 is 0 Å². The predicted molar refractivity (Wildman–Crippen MR) is 77.2 cm³/mol. The maximum atomic E-state index is 6.14. The Morgan fingerprint density at radius 2 is 2.12 bits per heavy atom. The first-order valence-electron chi connectivity index (χ1n) is 6.02. The number of hydrogen-bond donors (Lipinski definition) is 2. The van der Waals surface area contributed by atoms with E-state index in [0.29, 0.717) is 11.3 Å². The zero-order chi connectivity index (χ0) is 13.1. The molecule has 1 rings (SSSR count). The van der Waals surface area contributed by atoms with Crippen molar-refractivity contribution in [2.45, 2.75) is 46.6 Å². The molecule has 1 heterocycles. The molecule has 17 heavy (non-hydrogen) atoms. The summed E-state index contributed by atoms with van der Waals surface area (Å²) in [6.07, 6.45) is 2.21. The van der Waals surface area contributed by atoms with E-state index in [1.165, 1.54) is 6.42 Å². The van der Waals surface area contributed by atoms with Crippen LogP contribution < -0.4 is 11.3 Å². The highest BCUT2D eigenvalue weighted by atomic mass is 35.5. The van der Waals surface area contributed by atoms with E-state index >= 15 is 0 Å². The highest BCUT2D eigenvalue weighted by Crippen LogP contribution is 2.35. The van der Waals surface area contributed by atoms with Crippen molar-refractivity contribution in [1.82, 2.24) is 5.43 Å². The lowest BCUT2D eigenvalue weighted by atomic mass is 9.83. The van der Waals surface area contributed by atoms with Crippen molar-refractivity contribution < 1.29 is 0 Å². The minimum absolute atomic E-state index is 0.167. The monoisotopic (exact) mass is 274 g/mol. The lowest BCUT2D eigenvalue weighted by Crippen LogP contribution is -2.29. The highest BCUT2D eigenvalue weighted by Gasteiger charge is 2.21. The van der Waals surface area contributed by atoms with E-state index < -0.39 is 0 Å². The lowest BCUT2D eigenvalue weighted by Gasteiger charge is -2.26. The molecule has 98 valence electrons. The molecule has 2 nitrogen and oxygen atoms in total. The lowest BCUT2D eigenvalue weighted by molar-refractivity contribution is 0.277. The average molecular weight is 275 g/mol. The van der Waals surface area contributed by atoms with Crippen molar-refractivity contribution in [2.75, 3.05) is 0 Å². The van der Waals surface area contributed by atoms with Crippen LogP contribution in [0.3, 0.4) is 0 Å². The van der Waals surface area contributed by atoms with Crippen molar-refractivity contribution in [1.29, 1.82) is 0 Å². The molecule has 0 aliphatic heterocycles. The molecule has 4 heteroatoms.